The van der Waals surface area contributed by atoms with E-state index < -0.39 is 39.5 Å². The summed E-state index contributed by atoms with van der Waals surface area (Å²) in [5, 5.41) is 7.84. The maximum absolute atomic E-state index is 13.9. The first-order valence-corrected chi connectivity index (χ1v) is 17.2. The first-order chi connectivity index (χ1) is 22.4. The van der Waals surface area contributed by atoms with Crippen LogP contribution < -0.4 is 10.2 Å². The van der Waals surface area contributed by atoms with Crippen LogP contribution in [-0.2, 0) is 25.8 Å². The third kappa shape index (κ3) is 8.65. The Labute approximate surface area is 276 Å². The number of ether oxygens (including phenoxy) is 1. The molecule has 0 spiro atoms. The lowest BCUT2D eigenvalue weighted by molar-refractivity contribution is -0.122. The smallest absolute Gasteiger partial charge is 0.415 e. The molecule has 0 saturated carbocycles. The largest absolute Gasteiger partial charge is 0.443 e. The lowest BCUT2D eigenvalue weighted by atomic mass is 10.0. The lowest BCUT2D eigenvalue weighted by Gasteiger charge is -2.32. The molecule has 8 heteroatoms. The van der Waals surface area contributed by atoms with Crippen LogP contribution in [0.2, 0.25) is 0 Å². The number of sulfone groups is 1. The molecule has 0 aliphatic carbocycles. The predicted octanol–water partition coefficient (Wildman–Crippen LogP) is 8.23. The highest BCUT2D eigenvalue weighted by atomic mass is 32.2. The van der Waals surface area contributed by atoms with Crippen LogP contribution in [0.5, 0.6) is 0 Å². The number of nitrogens with zero attached hydrogens (tertiary/aromatic N) is 1. The van der Waals surface area contributed by atoms with Crippen LogP contribution in [0.15, 0.2) is 132 Å². The van der Waals surface area contributed by atoms with Gasteiger partial charge in [-0.15, -0.1) is 0 Å². The van der Waals surface area contributed by atoms with Crippen molar-refractivity contribution in [2.45, 2.75) is 63.1 Å². The van der Waals surface area contributed by atoms with E-state index in [2.05, 4.69) is 5.32 Å². The van der Waals surface area contributed by atoms with Gasteiger partial charge in [-0.1, -0.05) is 97.1 Å². The van der Waals surface area contributed by atoms with E-state index in [1.807, 2.05) is 91.0 Å². The molecule has 1 N–H and O–H groups in total. The molecule has 7 nitrogen and oxygen atoms in total. The van der Waals surface area contributed by atoms with Crippen molar-refractivity contribution in [3.8, 4) is 0 Å². The number of rotatable bonds is 10. The molecule has 2 amide bonds. The maximum atomic E-state index is 13.9. The minimum atomic E-state index is -3.82. The van der Waals surface area contributed by atoms with Gasteiger partial charge in [0.2, 0.25) is 5.91 Å². The minimum absolute atomic E-state index is 0.168. The fourth-order valence-electron chi connectivity index (χ4n) is 5.35. The lowest BCUT2D eigenvalue weighted by Crippen LogP contribution is -2.51. The quantitative estimate of drug-likeness (QED) is 0.165. The van der Waals surface area contributed by atoms with E-state index in [1.54, 1.807) is 52.0 Å². The summed E-state index contributed by atoms with van der Waals surface area (Å²) in [4.78, 5) is 29.0. The number of aryl methyl sites for hydroxylation is 1. The van der Waals surface area contributed by atoms with Gasteiger partial charge in [-0.3, -0.25) is 9.69 Å². The molecule has 242 valence electrons. The van der Waals surface area contributed by atoms with Gasteiger partial charge in [0.15, 0.2) is 9.84 Å². The fraction of sp³-hybridized carbons (Fsp3) is 0.231. The maximum Gasteiger partial charge on any atom is 0.415 e. The number of amides is 2. The van der Waals surface area contributed by atoms with Crippen molar-refractivity contribution in [1.82, 2.24) is 5.32 Å². The monoisotopic (exact) mass is 648 g/mol. The van der Waals surface area contributed by atoms with Gasteiger partial charge >= 0.3 is 6.09 Å². The van der Waals surface area contributed by atoms with Gasteiger partial charge in [-0.05, 0) is 91.9 Å². The molecule has 0 aliphatic rings. The zero-order valence-electron chi connectivity index (χ0n) is 27.1. The second-order valence-electron chi connectivity index (χ2n) is 12.6. The van der Waals surface area contributed by atoms with E-state index >= 15 is 0 Å². The van der Waals surface area contributed by atoms with Crippen LogP contribution in [0, 0.1) is 0 Å². The molecule has 0 fully saturated rings. The molecule has 0 unspecified atom stereocenters. The number of fused-ring (bicyclic) bond motifs is 2. The van der Waals surface area contributed by atoms with Crippen LogP contribution in [-0.4, -0.2) is 38.1 Å². The Balaban J connectivity index is 1.43. The Hall–Kier alpha value is -4.95. The van der Waals surface area contributed by atoms with E-state index in [9.17, 15) is 18.0 Å². The van der Waals surface area contributed by atoms with Crippen LogP contribution in [0.25, 0.3) is 21.5 Å². The molecule has 0 aliphatic heterocycles. The van der Waals surface area contributed by atoms with Crippen molar-refractivity contribution < 1.29 is 22.7 Å². The standard InChI is InChI=1S/C39H40N2O5S/c1-28(41(38(43)46-39(2,3)4)35-22-19-30-14-8-10-16-32(30)26-35)37(42)40-34(21-18-29-12-6-5-7-13-29)24-25-47(44,45)36-23-20-31-15-9-11-17-33(31)27-36/h5-17,19-20,22-28,34H,18,21H2,1-4H3,(H,40,42)/b25-24+/t28-,34-/m0/s1. The minimum Gasteiger partial charge on any atom is -0.443 e. The summed E-state index contributed by atoms with van der Waals surface area (Å²) < 4.78 is 32.6. The van der Waals surface area contributed by atoms with Crippen molar-refractivity contribution >= 4 is 49.1 Å². The first kappa shape index (κ1) is 33.4. The van der Waals surface area contributed by atoms with Gasteiger partial charge in [0, 0.05) is 17.1 Å². The molecular weight excluding hydrogens is 609 g/mol. The number of anilines is 1. The zero-order valence-corrected chi connectivity index (χ0v) is 27.9. The molecule has 2 atom stereocenters. The number of carbonyl (C=O) groups excluding carboxylic acids is 2. The topological polar surface area (TPSA) is 92.8 Å². The van der Waals surface area contributed by atoms with Crippen molar-refractivity contribution in [3.05, 3.63) is 132 Å². The van der Waals surface area contributed by atoms with E-state index in [4.69, 9.17) is 4.74 Å². The highest BCUT2D eigenvalue weighted by molar-refractivity contribution is 7.94. The number of nitrogens with one attached hydrogen (secondary N) is 1. The first-order valence-electron chi connectivity index (χ1n) is 15.7. The second-order valence-corrected chi connectivity index (χ2v) is 14.4. The van der Waals surface area contributed by atoms with E-state index in [0.29, 0.717) is 18.5 Å². The highest BCUT2D eigenvalue weighted by Gasteiger charge is 2.32. The number of hydrogen-bond donors (Lipinski definition) is 1. The predicted molar refractivity (Wildman–Crippen MR) is 189 cm³/mol. The summed E-state index contributed by atoms with van der Waals surface area (Å²) in [6.45, 7) is 6.95. The summed E-state index contributed by atoms with van der Waals surface area (Å²) in [5.74, 6) is -0.449. The van der Waals surface area contributed by atoms with Gasteiger partial charge in [0.05, 0.1) is 4.90 Å². The summed E-state index contributed by atoms with van der Waals surface area (Å²) in [6, 6.07) is 34.1. The van der Waals surface area contributed by atoms with Crippen molar-refractivity contribution in [2.24, 2.45) is 0 Å². The average molecular weight is 649 g/mol. The number of benzene rings is 5. The van der Waals surface area contributed by atoms with Gasteiger partial charge in [0.1, 0.15) is 11.6 Å². The van der Waals surface area contributed by atoms with Crippen molar-refractivity contribution in [3.63, 3.8) is 0 Å². The summed E-state index contributed by atoms with van der Waals surface area (Å²) in [6.07, 6.45) is 1.90. The van der Waals surface area contributed by atoms with Crippen LogP contribution >= 0.6 is 0 Å². The Morgan fingerprint density at radius 2 is 1.36 bits per heavy atom. The Bertz CT molecular complexity index is 2020. The molecule has 5 aromatic carbocycles. The number of hydrogen-bond acceptors (Lipinski definition) is 5. The van der Waals surface area contributed by atoms with Crippen molar-refractivity contribution in [1.29, 1.82) is 0 Å². The Kier molecular flexibility index (Phi) is 10.1. The summed E-state index contributed by atoms with van der Waals surface area (Å²) in [5.41, 5.74) is 0.772. The van der Waals surface area contributed by atoms with E-state index in [1.165, 1.54) is 11.0 Å². The highest BCUT2D eigenvalue weighted by Crippen LogP contribution is 2.26. The van der Waals surface area contributed by atoms with Gasteiger partial charge < -0.3 is 10.1 Å². The molecule has 0 bridgehead atoms. The SMILES string of the molecule is C[C@@H](C(=O)N[C@H](/C=C/S(=O)(=O)c1ccc2ccccc2c1)CCc1ccccc1)N(C(=O)OC(C)(C)C)c1ccc2ccccc2c1. The third-order valence-corrected chi connectivity index (χ3v) is 9.25. The fourth-order valence-corrected chi connectivity index (χ4v) is 6.45. The van der Waals surface area contributed by atoms with Gasteiger partial charge in [-0.25, -0.2) is 13.2 Å². The molecule has 0 radical (unpaired) electrons. The molecule has 5 rings (SSSR count). The Morgan fingerprint density at radius 3 is 2.00 bits per heavy atom. The van der Waals surface area contributed by atoms with E-state index in [-0.39, 0.29) is 4.90 Å². The summed E-state index contributed by atoms with van der Waals surface area (Å²) >= 11 is 0. The third-order valence-electron chi connectivity index (χ3n) is 7.82. The van der Waals surface area contributed by atoms with Crippen LogP contribution in [0.1, 0.15) is 39.7 Å². The van der Waals surface area contributed by atoms with Crippen molar-refractivity contribution in [2.75, 3.05) is 4.90 Å². The van der Waals surface area contributed by atoms with Crippen LogP contribution in [0.3, 0.4) is 0 Å². The van der Waals surface area contributed by atoms with Gasteiger partial charge in [0.25, 0.3) is 0 Å². The molecule has 0 saturated heterocycles. The second kappa shape index (κ2) is 14.2. The molecule has 0 heterocycles. The molecule has 5 aromatic rings. The van der Waals surface area contributed by atoms with E-state index in [0.717, 1.165) is 32.5 Å². The van der Waals surface area contributed by atoms with Gasteiger partial charge in [-0.2, -0.15) is 0 Å². The summed E-state index contributed by atoms with van der Waals surface area (Å²) in [7, 11) is -3.82. The normalized spacial score (nSPS) is 13.4. The molecule has 47 heavy (non-hydrogen) atoms. The number of carbonyl (C=O) groups is 2. The zero-order chi connectivity index (χ0) is 33.6. The average Bonchev–Trinajstić information content (AvgIpc) is 3.05. The Morgan fingerprint density at radius 1 is 0.787 bits per heavy atom. The van der Waals surface area contributed by atoms with Crippen LogP contribution in [0.4, 0.5) is 10.5 Å². The molecular formula is C39H40N2O5S. The molecule has 0 aromatic heterocycles.